The van der Waals surface area contributed by atoms with Crippen molar-refractivity contribution in [3.05, 3.63) is 22.3 Å². The van der Waals surface area contributed by atoms with E-state index < -0.39 is 12.3 Å². The molecule has 3 rings (SSSR count). The van der Waals surface area contributed by atoms with Gasteiger partial charge in [0.15, 0.2) is 11.4 Å². The number of carbonyl (C=O) groups is 1. The summed E-state index contributed by atoms with van der Waals surface area (Å²) < 4.78 is 0. The number of aliphatic imine (C=N–C) groups is 1. The molecule has 7 nitrogen and oxygen atoms in total. The van der Waals surface area contributed by atoms with Gasteiger partial charge < -0.3 is 15.7 Å². The van der Waals surface area contributed by atoms with Crippen LogP contribution in [0.5, 0.6) is 0 Å². The Kier molecular flexibility index (Phi) is 4.45. The molecular formula is C14H19N5O2S2. The topological polar surface area (TPSA) is 104 Å². The smallest absolute Gasteiger partial charge is 0.248 e. The van der Waals surface area contributed by atoms with Crippen molar-refractivity contribution in [1.29, 1.82) is 0 Å². The molecule has 23 heavy (non-hydrogen) atoms. The Hall–Kier alpha value is -1.42. The highest BCUT2D eigenvalue weighted by atomic mass is 32.2. The number of thioether (sulfide) groups is 1. The Bertz CT molecular complexity index is 699. The number of aliphatic hydroxyl groups is 1. The molecule has 1 aromatic rings. The zero-order valence-corrected chi connectivity index (χ0v) is 14.7. The fourth-order valence-corrected chi connectivity index (χ4v) is 4.68. The zero-order chi connectivity index (χ0) is 16.7. The van der Waals surface area contributed by atoms with Crippen LogP contribution in [0.3, 0.4) is 0 Å². The molecule has 0 aromatic carbocycles. The van der Waals surface area contributed by atoms with Crippen LogP contribution >= 0.6 is 23.1 Å². The molecule has 1 aromatic heterocycles. The maximum absolute atomic E-state index is 12.4. The molecule has 2 aliphatic rings. The van der Waals surface area contributed by atoms with Crippen molar-refractivity contribution in [2.75, 3.05) is 18.5 Å². The highest BCUT2D eigenvalue weighted by molar-refractivity contribution is 8.00. The van der Waals surface area contributed by atoms with Crippen molar-refractivity contribution in [2.24, 2.45) is 4.99 Å². The molecule has 4 N–H and O–H groups in total. The predicted octanol–water partition coefficient (Wildman–Crippen LogP) is 0.630. The summed E-state index contributed by atoms with van der Waals surface area (Å²) >= 11 is 2.98. The maximum Gasteiger partial charge on any atom is 0.248 e. The Morgan fingerprint density at radius 3 is 2.96 bits per heavy atom. The van der Waals surface area contributed by atoms with Crippen LogP contribution in [0.2, 0.25) is 0 Å². The Morgan fingerprint density at radius 2 is 2.35 bits per heavy atom. The van der Waals surface area contributed by atoms with Gasteiger partial charge in [-0.1, -0.05) is 0 Å². The molecule has 1 saturated heterocycles. The molecule has 0 spiro atoms. The maximum atomic E-state index is 12.4. The second kappa shape index (κ2) is 6.23. The second-order valence-corrected chi connectivity index (χ2v) is 7.50. The van der Waals surface area contributed by atoms with Crippen LogP contribution in [0.1, 0.15) is 19.5 Å². The van der Waals surface area contributed by atoms with Crippen LogP contribution in [0.25, 0.3) is 0 Å². The largest absolute Gasteiger partial charge is 0.375 e. The summed E-state index contributed by atoms with van der Waals surface area (Å²) in [6.07, 6.45) is -1.06. The van der Waals surface area contributed by atoms with Gasteiger partial charge in [-0.3, -0.25) is 15.1 Å². The molecule has 0 aliphatic carbocycles. The molecule has 3 atom stereocenters. The third-order valence-corrected chi connectivity index (χ3v) is 6.21. The van der Waals surface area contributed by atoms with Gasteiger partial charge in [0, 0.05) is 23.9 Å². The zero-order valence-electron chi connectivity index (χ0n) is 13.1. The number of rotatable bonds is 4. The number of aliphatic hydroxyl groups excluding tert-OH is 1. The van der Waals surface area contributed by atoms with Crippen LogP contribution in [0.15, 0.2) is 21.6 Å². The third-order valence-electron chi connectivity index (χ3n) is 4.11. The fourth-order valence-electron chi connectivity index (χ4n) is 2.70. The summed E-state index contributed by atoms with van der Waals surface area (Å²) in [5.41, 5.74) is 8.77. The van der Waals surface area contributed by atoms with Crippen molar-refractivity contribution >= 4 is 39.8 Å². The lowest BCUT2D eigenvalue weighted by molar-refractivity contribution is -0.144. The molecule has 0 bridgehead atoms. The van der Waals surface area contributed by atoms with Crippen LogP contribution in [0.4, 0.5) is 5.13 Å². The number of anilines is 1. The van der Waals surface area contributed by atoms with Crippen molar-refractivity contribution in [1.82, 2.24) is 15.2 Å². The minimum Gasteiger partial charge on any atom is -0.375 e. The highest BCUT2D eigenvalue weighted by Crippen LogP contribution is 2.39. The van der Waals surface area contributed by atoms with Crippen LogP contribution in [0, 0.1) is 0 Å². The lowest BCUT2D eigenvalue weighted by Crippen LogP contribution is -2.70. The van der Waals surface area contributed by atoms with Crippen molar-refractivity contribution < 1.29 is 9.90 Å². The van der Waals surface area contributed by atoms with Gasteiger partial charge >= 0.3 is 0 Å². The van der Waals surface area contributed by atoms with Crippen LogP contribution < -0.4 is 11.1 Å². The average molecular weight is 353 g/mol. The van der Waals surface area contributed by atoms with Gasteiger partial charge in [-0.2, -0.15) is 0 Å². The first-order chi connectivity index (χ1) is 10.9. The van der Waals surface area contributed by atoms with Crippen molar-refractivity contribution in [3.8, 4) is 0 Å². The molecule has 1 fully saturated rings. The van der Waals surface area contributed by atoms with Crippen LogP contribution in [-0.2, 0) is 4.79 Å². The number of nitrogens with two attached hydrogens (primary N) is 1. The highest BCUT2D eigenvalue weighted by Gasteiger charge is 2.51. The SMILES string of the molecule is C/N=C(/c1csc(N)n1)[C@H](O)NC1C(=O)N2C(C)=C(C)CS[C@H]12. The number of nitrogens with zero attached hydrogens (tertiary/aromatic N) is 3. The normalized spacial score (nSPS) is 26.2. The summed E-state index contributed by atoms with van der Waals surface area (Å²) in [6.45, 7) is 4.00. The Balaban J connectivity index is 1.72. The van der Waals surface area contributed by atoms with E-state index in [0.717, 1.165) is 11.4 Å². The number of allylic oxidation sites excluding steroid dienone is 1. The minimum atomic E-state index is -1.06. The first-order valence-corrected chi connectivity index (χ1v) is 9.10. The van der Waals surface area contributed by atoms with E-state index in [4.69, 9.17) is 5.73 Å². The number of amides is 1. The number of thiazole rings is 1. The molecular weight excluding hydrogens is 334 g/mol. The number of fused-ring (bicyclic) bond motifs is 1. The summed E-state index contributed by atoms with van der Waals surface area (Å²) in [5.74, 6) is 0.873. The monoisotopic (exact) mass is 353 g/mol. The van der Waals surface area contributed by atoms with E-state index in [1.807, 2.05) is 13.8 Å². The standard InChI is InChI=1S/C14H19N5O2S2/c1-6-4-22-13-10(12(21)19(13)7(6)2)18-11(20)9(16-3)8-5-23-14(15)17-8/h5,10-11,13,18,20H,4H2,1-3H3,(H2,15,17)/b16-9-/t10?,11-,13+/m0/s1. The molecule has 0 saturated carbocycles. The Morgan fingerprint density at radius 1 is 1.61 bits per heavy atom. The van der Waals surface area contributed by atoms with Gasteiger partial charge in [0.2, 0.25) is 5.91 Å². The molecule has 2 aliphatic heterocycles. The summed E-state index contributed by atoms with van der Waals surface area (Å²) in [6, 6.07) is -0.425. The summed E-state index contributed by atoms with van der Waals surface area (Å²) in [5, 5.41) is 15.6. The van der Waals surface area contributed by atoms with Gasteiger partial charge in [-0.15, -0.1) is 23.1 Å². The Labute approximate surface area is 142 Å². The fraction of sp³-hybridized carbons (Fsp3) is 0.500. The van der Waals surface area contributed by atoms with Gasteiger partial charge in [0.1, 0.15) is 22.8 Å². The number of hydrogen-bond acceptors (Lipinski definition) is 8. The van der Waals surface area contributed by atoms with E-state index in [2.05, 4.69) is 15.3 Å². The number of aromatic nitrogens is 1. The molecule has 124 valence electrons. The van der Waals surface area contributed by atoms with Crippen LogP contribution in [-0.4, -0.2) is 57.1 Å². The predicted molar refractivity (Wildman–Crippen MR) is 93.4 cm³/mol. The van der Waals surface area contributed by atoms with E-state index in [-0.39, 0.29) is 11.3 Å². The summed E-state index contributed by atoms with van der Waals surface area (Å²) in [7, 11) is 1.58. The van der Waals surface area contributed by atoms with E-state index in [1.54, 1.807) is 29.1 Å². The molecule has 3 heterocycles. The van der Waals surface area contributed by atoms with Crippen molar-refractivity contribution in [3.63, 3.8) is 0 Å². The number of hydrogen-bond donors (Lipinski definition) is 3. The first-order valence-electron chi connectivity index (χ1n) is 7.17. The lowest BCUT2D eigenvalue weighted by Gasteiger charge is -2.50. The summed E-state index contributed by atoms with van der Waals surface area (Å²) in [4.78, 5) is 22.4. The molecule has 1 unspecified atom stereocenters. The number of carbonyl (C=O) groups excluding carboxylic acids is 1. The molecule has 1 amide bonds. The first kappa shape index (κ1) is 16.4. The van der Waals surface area contributed by atoms with Crippen molar-refractivity contribution in [2.45, 2.75) is 31.5 Å². The number of nitrogen functional groups attached to an aromatic ring is 1. The molecule has 0 radical (unpaired) electrons. The third kappa shape index (κ3) is 2.78. The number of nitrogens with one attached hydrogen (secondary N) is 1. The quantitative estimate of drug-likeness (QED) is 0.417. The van der Waals surface area contributed by atoms with Gasteiger partial charge in [0.05, 0.1) is 0 Å². The number of β-lactam (4-membered cyclic amide) rings is 1. The van der Waals surface area contributed by atoms with E-state index >= 15 is 0 Å². The van der Waals surface area contributed by atoms with E-state index in [9.17, 15) is 9.90 Å². The minimum absolute atomic E-state index is 0.0134. The van der Waals surface area contributed by atoms with E-state index in [0.29, 0.717) is 16.5 Å². The van der Waals surface area contributed by atoms with Gasteiger partial charge in [0.25, 0.3) is 0 Å². The second-order valence-electron chi connectivity index (χ2n) is 5.50. The lowest BCUT2D eigenvalue weighted by atomic mass is 10.0. The average Bonchev–Trinajstić information content (AvgIpc) is 2.94. The van der Waals surface area contributed by atoms with Gasteiger partial charge in [-0.05, 0) is 19.4 Å². The molecule has 9 heteroatoms. The van der Waals surface area contributed by atoms with E-state index in [1.165, 1.54) is 16.9 Å². The van der Waals surface area contributed by atoms with Gasteiger partial charge in [-0.25, -0.2) is 4.98 Å².